The van der Waals surface area contributed by atoms with Crippen molar-refractivity contribution in [3.63, 3.8) is 0 Å². The van der Waals surface area contributed by atoms with Crippen LogP contribution in [0.5, 0.6) is 11.5 Å². The third kappa shape index (κ3) is 12.9. The summed E-state index contributed by atoms with van der Waals surface area (Å²) >= 11 is 0. The number of benzene rings is 2. The number of ketones is 2. The lowest BCUT2D eigenvalue weighted by Gasteiger charge is -2.31. The molecule has 2 aliphatic heterocycles. The summed E-state index contributed by atoms with van der Waals surface area (Å²) in [6.45, 7) is 10.9. The van der Waals surface area contributed by atoms with E-state index in [-0.39, 0.29) is 87.0 Å². The van der Waals surface area contributed by atoms with Crippen molar-refractivity contribution in [2.24, 2.45) is 5.73 Å². The first-order chi connectivity index (χ1) is 29.4. The molecule has 2 aromatic heterocycles. The lowest BCUT2D eigenvalue weighted by atomic mass is 9.98. The number of halogens is 2. The fraction of sp³-hybridized carbons (Fsp3) is 0.442. The summed E-state index contributed by atoms with van der Waals surface area (Å²) in [6.07, 6.45) is 5.99. The van der Waals surface area contributed by atoms with E-state index in [1.807, 2.05) is 4.90 Å². The first kappa shape index (κ1) is 51.2. The molecule has 63 heavy (non-hydrogen) atoms. The van der Waals surface area contributed by atoms with Crippen LogP contribution in [-0.2, 0) is 20.4 Å². The fourth-order valence-corrected chi connectivity index (χ4v) is 7.29. The number of ether oxygens (including phenoxy) is 2. The predicted octanol–water partition coefficient (Wildman–Crippen LogP) is 4.63. The number of piperidine rings is 2. The van der Waals surface area contributed by atoms with Gasteiger partial charge in [-0.1, -0.05) is 14.4 Å². The van der Waals surface area contributed by atoms with E-state index in [0.29, 0.717) is 30.8 Å². The van der Waals surface area contributed by atoms with E-state index in [9.17, 15) is 32.2 Å². The minimum Gasteiger partial charge on any atom is -0.496 e. The van der Waals surface area contributed by atoms with E-state index >= 15 is 0 Å². The number of anilines is 3. The Morgan fingerprint density at radius 2 is 1.19 bits per heavy atom. The number of amides is 2. The number of nitrogens with zero attached hydrogens (tertiary/aromatic N) is 6. The summed E-state index contributed by atoms with van der Waals surface area (Å²) in [6, 6.07) is 5.66. The van der Waals surface area contributed by atoms with Crippen LogP contribution in [0.1, 0.15) is 96.9 Å². The number of carbonyl (C=O) groups is 4. The van der Waals surface area contributed by atoms with Gasteiger partial charge in [-0.15, -0.1) is 0 Å². The molecule has 2 fully saturated rings. The highest BCUT2D eigenvalue weighted by Gasteiger charge is 2.26. The number of nitrogens with one attached hydrogen (secondary N) is 1. The molecule has 20 heteroatoms. The van der Waals surface area contributed by atoms with Crippen LogP contribution in [0.2, 0.25) is 0 Å². The van der Waals surface area contributed by atoms with Gasteiger partial charge in [0.1, 0.15) is 34.8 Å². The minimum absolute atomic E-state index is 0. The summed E-state index contributed by atoms with van der Waals surface area (Å²) in [4.78, 5) is 67.7. The van der Waals surface area contributed by atoms with E-state index < -0.39 is 34.0 Å². The molecule has 0 bridgehead atoms. The number of aromatic nitrogens is 4. The SMILES string of the molecule is C.CC(=O)N1CCC(N)CC1.CCS(=O)c1ncc(C(=O)c2c(OC)ccc(F)c2C)c(N)n1.COc1ccc(F)c(C)c1C(=O)c1cnc(NC2CCN(C(C)=O)CC2)nc1N. The summed E-state index contributed by atoms with van der Waals surface area (Å²) in [7, 11) is 1.42. The van der Waals surface area contributed by atoms with Crippen molar-refractivity contribution in [1.29, 1.82) is 0 Å². The van der Waals surface area contributed by atoms with Crippen LogP contribution >= 0.6 is 0 Å². The second-order valence-electron chi connectivity index (χ2n) is 14.5. The number of likely N-dealkylation sites (tertiary alicyclic amines) is 2. The molecule has 2 aliphatic rings. The highest BCUT2D eigenvalue weighted by atomic mass is 32.2. The topological polar surface area (TPSA) is 252 Å². The van der Waals surface area contributed by atoms with Gasteiger partial charge in [-0.05, 0) is 74.9 Å². The summed E-state index contributed by atoms with van der Waals surface area (Å²) in [5.74, 6) is -0.827. The molecule has 0 aliphatic carbocycles. The molecule has 17 nitrogen and oxygen atoms in total. The summed E-state index contributed by atoms with van der Waals surface area (Å²) < 4.78 is 49.8. The van der Waals surface area contributed by atoms with Crippen LogP contribution < -0.4 is 32.0 Å². The number of hydrogen-bond donors (Lipinski definition) is 4. The highest BCUT2D eigenvalue weighted by Crippen LogP contribution is 2.30. The van der Waals surface area contributed by atoms with Crippen molar-refractivity contribution in [2.45, 2.75) is 85.0 Å². The van der Waals surface area contributed by atoms with Crippen LogP contribution in [0.4, 0.5) is 26.4 Å². The highest BCUT2D eigenvalue weighted by molar-refractivity contribution is 7.84. The molecule has 6 rings (SSSR count). The lowest BCUT2D eigenvalue weighted by Crippen LogP contribution is -2.41. The Kier molecular flexibility index (Phi) is 19.0. The monoisotopic (exact) mass is 896 g/mol. The van der Waals surface area contributed by atoms with Crippen LogP contribution in [0.25, 0.3) is 0 Å². The Bertz CT molecular complexity index is 2300. The van der Waals surface area contributed by atoms with Gasteiger partial charge in [-0.2, -0.15) is 4.98 Å². The van der Waals surface area contributed by atoms with E-state index in [2.05, 4.69) is 25.3 Å². The van der Waals surface area contributed by atoms with Gasteiger partial charge in [-0.25, -0.2) is 23.7 Å². The first-order valence-electron chi connectivity index (χ1n) is 19.8. The molecule has 2 aromatic carbocycles. The number of nitrogens with two attached hydrogens (primary N) is 3. The Labute approximate surface area is 369 Å². The number of nitrogen functional groups attached to an aromatic ring is 2. The molecule has 4 heterocycles. The average Bonchev–Trinajstić information content (AvgIpc) is 3.25. The lowest BCUT2D eigenvalue weighted by molar-refractivity contribution is -0.130. The van der Waals surface area contributed by atoms with E-state index in [0.717, 1.165) is 38.8 Å². The van der Waals surface area contributed by atoms with Crippen LogP contribution in [0.15, 0.2) is 41.8 Å². The summed E-state index contributed by atoms with van der Waals surface area (Å²) in [5.41, 5.74) is 18.0. The third-order valence-corrected chi connectivity index (χ3v) is 11.6. The predicted molar refractivity (Wildman–Crippen MR) is 237 cm³/mol. The Balaban J connectivity index is 0.000000276. The molecule has 0 radical (unpaired) electrons. The third-order valence-electron chi connectivity index (χ3n) is 10.4. The molecule has 342 valence electrons. The number of carbonyl (C=O) groups excluding carboxylic acids is 4. The van der Waals surface area contributed by atoms with Gasteiger partial charge < -0.3 is 41.8 Å². The fourth-order valence-electron chi connectivity index (χ4n) is 6.66. The van der Waals surface area contributed by atoms with Crippen molar-refractivity contribution >= 4 is 51.8 Å². The molecule has 0 spiro atoms. The molecule has 0 saturated carbocycles. The Hall–Kier alpha value is -6.15. The summed E-state index contributed by atoms with van der Waals surface area (Å²) in [5, 5.41) is 3.25. The number of rotatable bonds is 10. The maximum atomic E-state index is 14.0. The molecule has 7 N–H and O–H groups in total. The van der Waals surface area contributed by atoms with Crippen LogP contribution in [0.3, 0.4) is 0 Å². The van der Waals surface area contributed by atoms with E-state index in [4.69, 9.17) is 26.7 Å². The van der Waals surface area contributed by atoms with Gasteiger partial charge in [0.05, 0.1) is 47.3 Å². The molecule has 2 saturated heterocycles. The molecule has 1 atom stereocenters. The van der Waals surface area contributed by atoms with Gasteiger partial charge in [-0.3, -0.25) is 23.4 Å². The standard InChI is InChI=1S/C20H24FN5O3.C15H16FN3O3S.C7H14N2O.CH4/c1-11-15(21)4-5-16(29-3)17(11)18(28)14-10-23-20(25-19(14)22)24-13-6-8-26(9-7-13)12(2)27;1-4-23(21)15-18-7-9(14(17)19-15)13(20)12-8(2)10(16)5-6-11(12)22-3;1-6(10)9-4-2-7(8)3-5-9;/h4-5,10,13H,6-9H2,1-3H3,(H3,22,23,24,25);5-7H,4H2,1-3H3,(H2,17,18,19);7H,2-5,8H2,1H3;1H4. The Morgan fingerprint density at radius 1 is 0.762 bits per heavy atom. The van der Waals surface area contributed by atoms with Crippen molar-refractivity contribution in [3.05, 3.63) is 81.7 Å². The average molecular weight is 897 g/mol. The van der Waals surface area contributed by atoms with Crippen LogP contribution in [-0.4, -0.2) is 116 Å². The van der Waals surface area contributed by atoms with Crippen molar-refractivity contribution in [2.75, 3.05) is 62.9 Å². The maximum Gasteiger partial charge on any atom is 0.224 e. The molecule has 1 unspecified atom stereocenters. The number of methoxy groups -OCH3 is 2. The molecule has 2 amide bonds. The first-order valence-corrected chi connectivity index (χ1v) is 21.2. The molecular formula is C43H58F2N10O7S. The molecule has 4 aromatic rings. The van der Waals surface area contributed by atoms with Gasteiger partial charge in [0.25, 0.3) is 0 Å². The normalized spacial score (nSPS) is 14.4. The van der Waals surface area contributed by atoms with E-state index in [1.54, 1.807) is 25.7 Å². The minimum atomic E-state index is -1.38. The number of hydrogen-bond acceptors (Lipinski definition) is 15. The maximum absolute atomic E-state index is 14.0. The Morgan fingerprint density at radius 3 is 1.59 bits per heavy atom. The van der Waals surface area contributed by atoms with Gasteiger partial charge in [0.2, 0.25) is 34.5 Å². The van der Waals surface area contributed by atoms with Crippen molar-refractivity contribution in [3.8, 4) is 11.5 Å². The quantitative estimate of drug-likeness (QED) is 0.125. The van der Waals surface area contributed by atoms with Gasteiger partial charge in [0, 0.05) is 70.3 Å². The zero-order chi connectivity index (χ0) is 45.8. The second kappa shape index (κ2) is 23.3. The second-order valence-corrected chi connectivity index (χ2v) is 16.1. The van der Waals surface area contributed by atoms with Crippen molar-refractivity contribution in [1.82, 2.24) is 29.7 Å². The van der Waals surface area contributed by atoms with Gasteiger partial charge in [0.15, 0.2) is 0 Å². The zero-order valence-electron chi connectivity index (χ0n) is 35.9. The van der Waals surface area contributed by atoms with Crippen LogP contribution in [0, 0.1) is 25.5 Å². The van der Waals surface area contributed by atoms with Crippen molar-refractivity contribution < 1.29 is 41.6 Å². The smallest absolute Gasteiger partial charge is 0.224 e. The largest absolute Gasteiger partial charge is 0.496 e. The molecular weight excluding hydrogens is 839 g/mol. The van der Waals surface area contributed by atoms with Gasteiger partial charge >= 0.3 is 0 Å². The van der Waals surface area contributed by atoms with E-state index in [1.165, 1.54) is 64.7 Å². The zero-order valence-corrected chi connectivity index (χ0v) is 36.7.